The van der Waals surface area contributed by atoms with E-state index in [1.165, 1.54) is 23.5 Å². The average Bonchev–Trinajstić information content (AvgIpc) is 2.81. The molecule has 3 rings (SSSR count). The lowest BCUT2D eigenvalue weighted by Crippen LogP contribution is -2.33. The van der Waals surface area contributed by atoms with Crippen LogP contribution in [0.1, 0.15) is 40.4 Å². The molecule has 1 fully saturated rings. The van der Waals surface area contributed by atoms with Crippen LogP contribution in [0.4, 0.5) is 4.39 Å². The minimum atomic E-state index is -0.224. The fourth-order valence-electron chi connectivity index (χ4n) is 2.92. The molecule has 116 valence electrons. The Bertz CT molecular complexity index is 655. The fraction of sp³-hybridized carbons (Fsp3) is 0.353. The second-order valence-electron chi connectivity index (χ2n) is 5.60. The number of amides is 1. The smallest absolute Gasteiger partial charge is 0.263 e. The van der Waals surface area contributed by atoms with E-state index in [2.05, 4.69) is 0 Å². The Morgan fingerprint density at radius 1 is 1.18 bits per heavy atom. The average molecular weight is 338 g/mol. The molecule has 0 saturated carbocycles. The summed E-state index contributed by atoms with van der Waals surface area (Å²) in [6.07, 6.45) is 3.11. The van der Waals surface area contributed by atoms with Gasteiger partial charge in [0.25, 0.3) is 5.91 Å². The Balaban J connectivity index is 1.77. The van der Waals surface area contributed by atoms with Crippen LogP contribution in [-0.4, -0.2) is 23.9 Å². The highest BCUT2D eigenvalue weighted by molar-refractivity contribution is 7.17. The second-order valence-corrected chi connectivity index (χ2v) is 7.31. The van der Waals surface area contributed by atoms with Gasteiger partial charge in [0, 0.05) is 19.0 Å². The summed E-state index contributed by atoms with van der Waals surface area (Å²) in [5.74, 6) is 0.0897. The molecule has 1 aliphatic heterocycles. The van der Waals surface area contributed by atoms with Gasteiger partial charge in [0.1, 0.15) is 5.82 Å². The van der Waals surface area contributed by atoms with Gasteiger partial charge in [0.15, 0.2) is 0 Å². The molecule has 0 aliphatic carbocycles. The number of thiophene rings is 1. The number of carbonyl (C=O) groups is 1. The number of rotatable bonds is 2. The lowest BCUT2D eigenvalue weighted by molar-refractivity contribution is 0.0759. The molecule has 2 heterocycles. The topological polar surface area (TPSA) is 20.3 Å². The first-order valence-electron chi connectivity index (χ1n) is 7.43. The first-order chi connectivity index (χ1) is 10.6. The third-order valence-electron chi connectivity index (χ3n) is 4.08. The molecule has 0 unspecified atom stereocenters. The van der Waals surface area contributed by atoms with Crippen LogP contribution in [0, 0.1) is 5.82 Å². The molecule has 1 saturated heterocycles. The maximum Gasteiger partial charge on any atom is 0.263 e. The summed E-state index contributed by atoms with van der Waals surface area (Å²) in [6.45, 7) is 1.45. The zero-order valence-corrected chi connectivity index (χ0v) is 13.7. The van der Waals surface area contributed by atoms with Crippen molar-refractivity contribution in [2.24, 2.45) is 0 Å². The highest BCUT2D eigenvalue weighted by atomic mass is 35.5. The maximum absolute atomic E-state index is 13.1. The molecule has 1 atom stereocenters. The van der Waals surface area contributed by atoms with Crippen LogP contribution < -0.4 is 0 Å². The third kappa shape index (κ3) is 3.50. The summed E-state index contributed by atoms with van der Waals surface area (Å²) in [4.78, 5) is 15.2. The Morgan fingerprint density at radius 3 is 2.64 bits per heavy atom. The van der Waals surface area contributed by atoms with Crippen molar-refractivity contribution in [3.05, 3.63) is 57.0 Å². The number of nitrogens with zero attached hydrogens (tertiary/aromatic N) is 1. The van der Waals surface area contributed by atoms with Gasteiger partial charge in [-0.25, -0.2) is 4.39 Å². The molecular weight excluding hydrogens is 321 g/mol. The fourth-order valence-corrected chi connectivity index (χ4v) is 3.93. The highest BCUT2D eigenvalue weighted by Crippen LogP contribution is 2.29. The Labute approximate surface area is 138 Å². The van der Waals surface area contributed by atoms with E-state index in [1.807, 2.05) is 17.0 Å². The minimum Gasteiger partial charge on any atom is -0.337 e. The summed E-state index contributed by atoms with van der Waals surface area (Å²) >= 11 is 7.25. The molecule has 0 bridgehead atoms. The van der Waals surface area contributed by atoms with Gasteiger partial charge in [-0.3, -0.25) is 4.79 Å². The van der Waals surface area contributed by atoms with Crippen LogP contribution >= 0.6 is 22.9 Å². The van der Waals surface area contributed by atoms with Crippen LogP contribution in [0.15, 0.2) is 36.4 Å². The molecule has 22 heavy (non-hydrogen) atoms. The van der Waals surface area contributed by atoms with Gasteiger partial charge >= 0.3 is 0 Å². The van der Waals surface area contributed by atoms with Gasteiger partial charge in [-0.1, -0.05) is 30.2 Å². The van der Waals surface area contributed by atoms with Crippen molar-refractivity contribution in [3.63, 3.8) is 0 Å². The van der Waals surface area contributed by atoms with E-state index >= 15 is 0 Å². The van der Waals surface area contributed by atoms with Crippen molar-refractivity contribution < 1.29 is 9.18 Å². The van der Waals surface area contributed by atoms with Crippen molar-refractivity contribution in [2.45, 2.75) is 25.2 Å². The van der Waals surface area contributed by atoms with Gasteiger partial charge in [-0.05, 0) is 42.7 Å². The zero-order valence-electron chi connectivity index (χ0n) is 12.1. The Kier molecular flexibility index (Phi) is 4.79. The van der Waals surface area contributed by atoms with Gasteiger partial charge in [-0.15, -0.1) is 11.3 Å². The predicted molar refractivity (Wildman–Crippen MR) is 88.2 cm³/mol. The molecule has 1 aromatic carbocycles. The normalized spacial score (nSPS) is 19.0. The molecule has 2 nitrogen and oxygen atoms in total. The summed E-state index contributed by atoms with van der Waals surface area (Å²) in [5, 5.41) is 0. The van der Waals surface area contributed by atoms with Crippen LogP contribution in [-0.2, 0) is 0 Å². The van der Waals surface area contributed by atoms with E-state index in [4.69, 9.17) is 11.6 Å². The first-order valence-corrected chi connectivity index (χ1v) is 8.63. The SMILES string of the molecule is O=C(c1ccc(Cl)s1)N1CCCC[C@H](c2ccc(F)cc2)C1. The zero-order chi connectivity index (χ0) is 15.5. The standard InChI is InChI=1S/C17H17ClFNOS/c18-16-9-8-15(22-16)17(21)20-10-2-1-3-13(11-20)12-4-6-14(19)7-5-12/h4-9,13H,1-3,10-11H2/t13-/m0/s1. The Morgan fingerprint density at radius 2 is 1.95 bits per heavy atom. The van der Waals surface area contributed by atoms with E-state index in [0.29, 0.717) is 15.8 Å². The molecule has 0 spiro atoms. The van der Waals surface area contributed by atoms with E-state index < -0.39 is 0 Å². The summed E-state index contributed by atoms with van der Waals surface area (Å²) in [5.41, 5.74) is 1.10. The minimum absolute atomic E-state index is 0.0471. The van der Waals surface area contributed by atoms with Gasteiger partial charge in [-0.2, -0.15) is 0 Å². The van der Waals surface area contributed by atoms with Crippen LogP contribution in [0.3, 0.4) is 0 Å². The van der Waals surface area contributed by atoms with Crippen molar-refractivity contribution in [2.75, 3.05) is 13.1 Å². The number of carbonyl (C=O) groups excluding carboxylic acids is 1. The summed E-state index contributed by atoms with van der Waals surface area (Å²) in [7, 11) is 0. The van der Waals surface area contributed by atoms with E-state index in [0.717, 1.165) is 31.4 Å². The quantitative estimate of drug-likeness (QED) is 0.759. The van der Waals surface area contributed by atoms with Crippen molar-refractivity contribution in [1.29, 1.82) is 0 Å². The second kappa shape index (κ2) is 6.80. The molecule has 1 aromatic heterocycles. The lowest BCUT2D eigenvalue weighted by Gasteiger charge is -2.24. The first kappa shape index (κ1) is 15.5. The molecule has 1 aliphatic rings. The van der Waals surface area contributed by atoms with E-state index in [1.54, 1.807) is 12.1 Å². The monoisotopic (exact) mass is 337 g/mol. The van der Waals surface area contributed by atoms with Crippen LogP contribution in [0.2, 0.25) is 4.34 Å². The third-order valence-corrected chi connectivity index (χ3v) is 5.30. The van der Waals surface area contributed by atoms with Gasteiger partial charge < -0.3 is 4.90 Å². The van der Waals surface area contributed by atoms with Crippen LogP contribution in [0.25, 0.3) is 0 Å². The molecule has 0 N–H and O–H groups in total. The predicted octanol–water partition coefficient (Wildman–Crippen LogP) is 4.95. The van der Waals surface area contributed by atoms with Crippen molar-refractivity contribution in [1.82, 2.24) is 4.90 Å². The molecular formula is C17H17ClFNOS. The summed E-state index contributed by atoms with van der Waals surface area (Å²) < 4.78 is 13.7. The number of hydrogen-bond acceptors (Lipinski definition) is 2. The van der Waals surface area contributed by atoms with E-state index in [9.17, 15) is 9.18 Å². The molecule has 2 aromatic rings. The van der Waals surface area contributed by atoms with Gasteiger partial charge in [0.05, 0.1) is 9.21 Å². The van der Waals surface area contributed by atoms with Crippen molar-refractivity contribution in [3.8, 4) is 0 Å². The van der Waals surface area contributed by atoms with Crippen LogP contribution in [0.5, 0.6) is 0 Å². The van der Waals surface area contributed by atoms with E-state index in [-0.39, 0.29) is 17.6 Å². The lowest BCUT2D eigenvalue weighted by atomic mass is 9.94. The highest BCUT2D eigenvalue weighted by Gasteiger charge is 2.24. The number of benzene rings is 1. The summed E-state index contributed by atoms with van der Waals surface area (Å²) in [6, 6.07) is 10.2. The number of halogens is 2. The molecule has 0 radical (unpaired) electrons. The molecule has 5 heteroatoms. The van der Waals surface area contributed by atoms with Gasteiger partial charge in [0.2, 0.25) is 0 Å². The number of hydrogen-bond donors (Lipinski definition) is 0. The molecule has 1 amide bonds. The van der Waals surface area contributed by atoms with Crippen molar-refractivity contribution >= 4 is 28.8 Å². The maximum atomic E-state index is 13.1. The Hall–Kier alpha value is -1.39. The number of likely N-dealkylation sites (tertiary alicyclic amines) is 1. The largest absolute Gasteiger partial charge is 0.337 e.